The number of ketones is 2. The summed E-state index contributed by atoms with van der Waals surface area (Å²) in [6, 6.07) is 7.30. The first-order valence-corrected chi connectivity index (χ1v) is 6.10. The molecule has 1 aromatic carbocycles. The molecule has 0 saturated carbocycles. The maximum atomic E-state index is 11.7. The van der Waals surface area contributed by atoms with E-state index in [1.807, 2.05) is 12.1 Å². The Hall–Kier alpha value is -1.44. The largest absolute Gasteiger partial charge is 0.299 e. The molecule has 0 amide bonds. The Labute approximate surface area is 103 Å². The van der Waals surface area contributed by atoms with Crippen LogP contribution < -0.4 is 0 Å². The first kappa shape index (κ1) is 13.6. The van der Waals surface area contributed by atoms with Crippen molar-refractivity contribution in [2.75, 3.05) is 0 Å². The van der Waals surface area contributed by atoms with Crippen LogP contribution in [0.1, 0.15) is 49.5 Å². The van der Waals surface area contributed by atoms with Gasteiger partial charge in [-0.25, -0.2) is 0 Å². The summed E-state index contributed by atoms with van der Waals surface area (Å²) in [5.41, 5.74) is 1.69. The van der Waals surface area contributed by atoms with Gasteiger partial charge in [0.05, 0.1) is 0 Å². The third kappa shape index (κ3) is 4.94. The SMILES string of the molecule is CC(=O)c1ccc(CC(=O)CCC(C)C)cc1. The fourth-order valence-corrected chi connectivity index (χ4v) is 1.62. The molecule has 92 valence electrons. The smallest absolute Gasteiger partial charge is 0.159 e. The van der Waals surface area contributed by atoms with Crippen molar-refractivity contribution in [3.63, 3.8) is 0 Å². The van der Waals surface area contributed by atoms with Crippen LogP contribution in [0.25, 0.3) is 0 Å². The van der Waals surface area contributed by atoms with Crippen molar-refractivity contribution in [1.29, 1.82) is 0 Å². The molecule has 0 aliphatic heterocycles. The van der Waals surface area contributed by atoms with Crippen LogP contribution in [0.3, 0.4) is 0 Å². The molecule has 0 N–H and O–H groups in total. The van der Waals surface area contributed by atoms with Gasteiger partial charge in [0.1, 0.15) is 5.78 Å². The van der Waals surface area contributed by atoms with E-state index in [9.17, 15) is 9.59 Å². The number of carbonyl (C=O) groups excluding carboxylic acids is 2. The van der Waals surface area contributed by atoms with Crippen molar-refractivity contribution in [3.05, 3.63) is 35.4 Å². The van der Waals surface area contributed by atoms with E-state index in [1.165, 1.54) is 0 Å². The summed E-state index contributed by atoms with van der Waals surface area (Å²) in [4.78, 5) is 22.8. The predicted molar refractivity (Wildman–Crippen MR) is 69.2 cm³/mol. The van der Waals surface area contributed by atoms with Crippen molar-refractivity contribution < 1.29 is 9.59 Å². The van der Waals surface area contributed by atoms with Crippen LogP contribution in [0.5, 0.6) is 0 Å². The molecule has 0 radical (unpaired) electrons. The zero-order valence-corrected chi connectivity index (χ0v) is 10.8. The zero-order valence-electron chi connectivity index (χ0n) is 10.8. The molecule has 1 aromatic rings. The maximum absolute atomic E-state index is 11.7. The van der Waals surface area contributed by atoms with Crippen LogP contribution in [-0.4, -0.2) is 11.6 Å². The highest BCUT2D eigenvalue weighted by Gasteiger charge is 2.06. The highest BCUT2D eigenvalue weighted by Crippen LogP contribution is 2.10. The molecule has 0 aromatic heterocycles. The van der Waals surface area contributed by atoms with Gasteiger partial charge in [-0.3, -0.25) is 9.59 Å². The van der Waals surface area contributed by atoms with E-state index in [-0.39, 0.29) is 11.6 Å². The first-order chi connectivity index (χ1) is 7.99. The molecule has 2 nitrogen and oxygen atoms in total. The highest BCUT2D eigenvalue weighted by atomic mass is 16.1. The summed E-state index contributed by atoms with van der Waals surface area (Å²) in [5.74, 6) is 0.899. The Morgan fingerprint density at radius 3 is 2.18 bits per heavy atom. The van der Waals surface area contributed by atoms with Crippen LogP contribution in [0.2, 0.25) is 0 Å². The van der Waals surface area contributed by atoms with Gasteiger partial charge < -0.3 is 0 Å². The lowest BCUT2D eigenvalue weighted by atomic mass is 10.00. The second-order valence-corrected chi connectivity index (χ2v) is 4.90. The Kier molecular flexibility index (Phi) is 5.08. The van der Waals surface area contributed by atoms with E-state index < -0.39 is 0 Å². The van der Waals surface area contributed by atoms with Gasteiger partial charge >= 0.3 is 0 Å². The average molecular weight is 232 g/mol. The number of benzene rings is 1. The second kappa shape index (κ2) is 6.33. The van der Waals surface area contributed by atoms with Crippen LogP contribution in [-0.2, 0) is 11.2 Å². The summed E-state index contributed by atoms with van der Waals surface area (Å²) < 4.78 is 0. The van der Waals surface area contributed by atoms with Crippen molar-refractivity contribution in [2.45, 2.75) is 40.0 Å². The number of rotatable bonds is 6. The Morgan fingerprint density at radius 1 is 1.12 bits per heavy atom. The Morgan fingerprint density at radius 2 is 1.71 bits per heavy atom. The fourth-order valence-electron chi connectivity index (χ4n) is 1.62. The minimum absolute atomic E-state index is 0.0580. The van der Waals surface area contributed by atoms with Crippen LogP contribution in [0, 0.1) is 5.92 Å². The van der Waals surface area contributed by atoms with E-state index in [0.717, 1.165) is 12.0 Å². The van der Waals surface area contributed by atoms with E-state index in [0.29, 0.717) is 24.3 Å². The zero-order chi connectivity index (χ0) is 12.8. The standard InChI is InChI=1S/C15H20O2/c1-11(2)4-9-15(17)10-13-5-7-14(8-6-13)12(3)16/h5-8,11H,4,9-10H2,1-3H3. The van der Waals surface area contributed by atoms with Gasteiger partial charge in [-0.05, 0) is 24.8 Å². The molecular formula is C15H20O2. The number of carbonyl (C=O) groups is 2. The molecule has 17 heavy (non-hydrogen) atoms. The number of hydrogen-bond donors (Lipinski definition) is 0. The van der Waals surface area contributed by atoms with Crippen molar-refractivity contribution in [1.82, 2.24) is 0 Å². The minimum atomic E-state index is 0.0580. The third-order valence-corrected chi connectivity index (χ3v) is 2.76. The molecule has 1 rings (SSSR count). The average Bonchev–Trinajstić information content (AvgIpc) is 2.27. The molecule has 0 atom stereocenters. The van der Waals surface area contributed by atoms with E-state index in [1.54, 1.807) is 19.1 Å². The number of hydrogen-bond acceptors (Lipinski definition) is 2. The van der Waals surface area contributed by atoms with Gasteiger partial charge in [0.15, 0.2) is 5.78 Å². The molecule has 0 aliphatic carbocycles. The second-order valence-electron chi connectivity index (χ2n) is 4.90. The lowest BCUT2D eigenvalue weighted by Crippen LogP contribution is -2.04. The fraction of sp³-hybridized carbons (Fsp3) is 0.467. The van der Waals surface area contributed by atoms with Crippen molar-refractivity contribution in [2.24, 2.45) is 5.92 Å². The first-order valence-electron chi connectivity index (χ1n) is 6.10. The Bertz CT molecular complexity index is 388. The van der Waals surface area contributed by atoms with Crippen molar-refractivity contribution in [3.8, 4) is 0 Å². The van der Waals surface area contributed by atoms with Gasteiger partial charge in [0, 0.05) is 18.4 Å². The Balaban J connectivity index is 2.51. The topological polar surface area (TPSA) is 34.1 Å². The summed E-state index contributed by atoms with van der Waals surface area (Å²) in [5, 5.41) is 0. The molecule has 0 bridgehead atoms. The molecule has 0 spiro atoms. The molecule has 0 heterocycles. The van der Waals surface area contributed by atoms with E-state index >= 15 is 0 Å². The van der Waals surface area contributed by atoms with Crippen LogP contribution in [0.4, 0.5) is 0 Å². The van der Waals surface area contributed by atoms with Crippen LogP contribution in [0.15, 0.2) is 24.3 Å². The summed E-state index contributed by atoms with van der Waals surface area (Å²) in [7, 11) is 0. The molecule has 0 saturated heterocycles. The molecule has 0 unspecified atom stereocenters. The summed E-state index contributed by atoms with van der Waals surface area (Å²) in [6.45, 7) is 5.78. The monoisotopic (exact) mass is 232 g/mol. The number of Topliss-reactive ketones (excluding diaryl/α,β-unsaturated/α-hetero) is 2. The minimum Gasteiger partial charge on any atom is -0.299 e. The van der Waals surface area contributed by atoms with E-state index in [2.05, 4.69) is 13.8 Å². The summed E-state index contributed by atoms with van der Waals surface area (Å²) in [6.07, 6.45) is 2.07. The molecule has 2 heteroatoms. The van der Waals surface area contributed by atoms with Crippen molar-refractivity contribution >= 4 is 11.6 Å². The lowest BCUT2D eigenvalue weighted by molar-refractivity contribution is -0.118. The molecule has 0 fully saturated rings. The normalized spacial score (nSPS) is 10.6. The maximum Gasteiger partial charge on any atom is 0.159 e. The molecular weight excluding hydrogens is 212 g/mol. The predicted octanol–water partition coefficient (Wildman–Crippen LogP) is 3.44. The van der Waals surface area contributed by atoms with Gasteiger partial charge in [-0.1, -0.05) is 38.1 Å². The lowest BCUT2D eigenvalue weighted by Gasteiger charge is -2.04. The third-order valence-electron chi connectivity index (χ3n) is 2.76. The molecule has 0 aliphatic rings. The highest BCUT2D eigenvalue weighted by molar-refractivity contribution is 5.94. The van der Waals surface area contributed by atoms with Gasteiger partial charge in [0.2, 0.25) is 0 Å². The van der Waals surface area contributed by atoms with Gasteiger partial charge in [-0.2, -0.15) is 0 Å². The van der Waals surface area contributed by atoms with Gasteiger partial charge in [-0.15, -0.1) is 0 Å². The summed E-state index contributed by atoms with van der Waals surface area (Å²) >= 11 is 0. The van der Waals surface area contributed by atoms with Crippen LogP contribution >= 0.6 is 0 Å². The quantitative estimate of drug-likeness (QED) is 0.704. The van der Waals surface area contributed by atoms with Gasteiger partial charge in [0.25, 0.3) is 0 Å². The van der Waals surface area contributed by atoms with E-state index in [4.69, 9.17) is 0 Å².